The van der Waals surface area contributed by atoms with Crippen molar-refractivity contribution in [2.45, 2.75) is 51.5 Å². The molecule has 1 fully saturated rings. The van der Waals surface area contributed by atoms with E-state index in [0.717, 1.165) is 58.2 Å². The fourth-order valence-corrected chi connectivity index (χ4v) is 2.81. The fraction of sp³-hybridized carbons (Fsp3) is 0.933. The number of nitrogens with zero attached hydrogens (tertiary/aromatic N) is 2. The molecule has 0 aliphatic heterocycles. The zero-order valence-corrected chi connectivity index (χ0v) is 12.9. The lowest BCUT2D eigenvalue weighted by molar-refractivity contribution is -0.132. The molecule has 0 aromatic heterocycles. The molecule has 0 atom stereocenters. The Labute approximate surface area is 118 Å². The monoisotopic (exact) mass is 269 g/mol. The van der Waals surface area contributed by atoms with Crippen molar-refractivity contribution in [3.05, 3.63) is 0 Å². The largest absolute Gasteiger partial charge is 0.343 e. The van der Waals surface area contributed by atoms with Gasteiger partial charge in [-0.1, -0.05) is 0 Å². The molecule has 1 aliphatic carbocycles. The van der Waals surface area contributed by atoms with Crippen LogP contribution >= 0.6 is 0 Å². The number of carbonyl (C=O) groups is 1. The highest BCUT2D eigenvalue weighted by Crippen LogP contribution is 2.26. The van der Waals surface area contributed by atoms with Crippen LogP contribution in [0.4, 0.5) is 0 Å². The topological polar surface area (TPSA) is 49.6 Å². The van der Waals surface area contributed by atoms with Gasteiger partial charge in [0, 0.05) is 25.6 Å². The van der Waals surface area contributed by atoms with E-state index in [4.69, 9.17) is 5.73 Å². The Morgan fingerprint density at radius 3 is 2.32 bits per heavy atom. The van der Waals surface area contributed by atoms with Crippen LogP contribution in [0.25, 0.3) is 0 Å². The van der Waals surface area contributed by atoms with Gasteiger partial charge >= 0.3 is 0 Å². The molecule has 4 nitrogen and oxygen atoms in total. The van der Waals surface area contributed by atoms with Gasteiger partial charge in [0.05, 0.1) is 0 Å². The van der Waals surface area contributed by atoms with Crippen LogP contribution in [0.3, 0.4) is 0 Å². The van der Waals surface area contributed by atoms with Crippen molar-refractivity contribution in [3.8, 4) is 0 Å². The minimum absolute atomic E-state index is 0.335. The van der Waals surface area contributed by atoms with E-state index >= 15 is 0 Å². The fourth-order valence-electron chi connectivity index (χ4n) is 2.81. The first-order chi connectivity index (χ1) is 9.02. The summed E-state index contributed by atoms with van der Waals surface area (Å²) in [6.07, 6.45) is 6.21. The van der Waals surface area contributed by atoms with Crippen molar-refractivity contribution < 1.29 is 4.79 Å². The van der Waals surface area contributed by atoms with Crippen LogP contribution in [0, 0.1) is 5.92 Å². The van der Waals surface area contributed by atoms with Crippen molar-refractivity contribution in [3.63, 3.8) is 0 Å². The SMILES string of the molecule is CCN(CCCN(C)C)C(=O)CC1CCC(N)CC1. The van der Waals surface area contributed by atoms with Crippen LogP contribution in [0.2, 0.25) is 0 Å². The maximum absolute atomic E-state index is 12.3. The smallest absolute Gasteiger partial charge is 0.222 e. The van der Waals surface area contributed by atoms with Gasteiger partial charge in [-0.3, -0.25) is 4.79 Å². The van der Waals surface area contributed by atoms with Gasteiger partial charge in [0.15, 0.2) is 0 Å². The lowest BCUT2D eigenvalue weighted by Gasteiger charge is -2.28. The normalized spacial score (nSPS) is 23.6. The Bertz CT molecular complexity index is 260. The molecule has 19 heavy (non-hydrogen) atoms. The first-order valence-corrected chi connectivity index (χ1v) is 7.71. The maximum atomic E-state index is 12.3. The molecule has 1 amide bonds. The zero-order valence-electron chi connectivity index (χ0n) is 12.9. The van der Waals surface area contributed by atoms with Gasteiger partial charge in [0.2, 0.25) is 5.91 Å². The first-order valence-electron chi connectivity index (χ1n) is 7.71. The molecule has 0 radical (unpaired) electrons. The molecule has 0 aromatic carbocycles. The van der Waals surface area contributed by atoms with E-state index < -0.39 is 0 Å². The summed E-state index contributed by atoms with van der Waals surface area (Å²) in [5.41, 5.74) is 5.91. The summed E-state index contributed by atoms with van der Waals surface area (Å²) >= 11 is 0. The second-order valence-electron chi connectivity index (χ2n) is 6.12. The van der Waals surface area contributed by atoms with E-state index in [2.05, 4.69) is 25.9 Å². The lowest BCUT2D eigenvalue weighted by Crippen LogP contribution is -2.35. The second-order valence-corrected chi connectivity index (χ2v) is 6.12. The van der Waals surface area contributed by atoms with E-state index in [-0.39, 0.29) is 0 Å². The van der Waals surface area contributed by atoms with E-state index in [1.165, 1.54) is 0 Å². The Kier molecular flexibility index (Phi) is 7.39. The number of hydrogen-bond acceptors (Lipinski definition) is 3. The average molecular weight is 269 g/mol. The molecule has 1 rings (SSSR count). The van der Waals surface area contributed by atoms with Gasteiger partial charge in [0.25, 0.3) is 0 Å². The van der Waals surface area contributed by atoms with E-state index in [0.29, 0.717) is 17.9 Å². The van der Waals surface area contributed by atoms with Crippen LogP contribution in [0.15, 0.2) is 0 Å². The van der Waals surface area contributed by atoms with Crippen LogP contribution in [0.5, 0.6) is 0 Å². The number of rotatable bonds is 7. The summed E-state index contributed by atoms with van der Waals surface area (Å²) in [4.78, 5) is 16.5. The number of amides is 1. The summed E-state index contributed by atoms with van der Waals surface area (Å²) in [5, 5.41) is 0. The van der Waals surface area contributed by atoms with Crippen molar-refractivity contribution in [2.24, 2.45) is 11.7 Å². The van der Waals surface area contributed by atoms with Gasteiger partial charge in [-0.25, -0.2) is 0 Å². The first kappa shape index (κ1) is 16.4. The Balaban J connectivity index is 2.28. The maximum Gasteiger partial charge on any atom is 0.222 e. The summed E-state index contributed by atoms with van der Waals surface area (Å²) in [7, 11) is 4.15. The summed E-state index contributed by atoms with van der Waals surface area (Å²) in [6, 6.07) is 0.369. The van der Waals surface area contributed by atoms with Crippen molar-refractivity contribution in [1.82, 2.24) is 9.80 Å². The van der Waals surface area contributed by atoms with Gasteiger partial charge in [-0.05, 0) is 65.6 Å². The Morgan fingerprint density at radius 2 is 1.79 bits per heavy atom. The summed E-state index contributed by atoms with van der Waals surface area (Å²) < 4.78 is 0. The number of hydrogen-bond donors (Lipinski definition) is 1. The van der Waals surface area contributed by atoms with Crippen molar-refractivity contribution in [1.29, 1.82) is 0 Å². The quantitative estimate of drug-likeness (QED) is 0.765. The van der Waals surface area contributed by atoms with Crippen LogP contribution in [-0.2, 0) is 4.79 Å². The Hall–Kier alpha value is -0.610. The molecule has 2 N–H and O–H groups in total. The Morgan fingerprint density at radius 1 is 1.16 bits per heavy atom. The van der Waals surface area contributed by atoms with Crippen LogP contribution < -0.4 is 5.73 Å². The zero-order chi connectivity index (χ0) is 14.3. The molecule has 0 heterocycles. The third-order valence-electron chi connectivity index (χ3n) is 4.12. The van der Waals surface area contributed by atoms with Crippen LogP contribution in [0.1, 0.15) is 45.4 Å². The number of carbonyl (C=O) groups excluding carboxylic acids is 1. The highest BCUT2D eigenvalue weighted by atomic mass is 16.2. The molecule has 0 unspecified atom stereocenters. The molecular formula is C15H31N3O. The van der Waals surface area contributed by atoms with E-state index in [1.54, 1.807) is 0 Å². The standard InChI is InChI=1S/C15H31N3O/c1-4-18(11-5-10-17(2)3)15(19)12-13-6-8-14(16)9-7-13/h13-14H,4-12,16H2,1-3H3. The average Bonchev–Trinajstić information content (AvgIpc) is 2.37. The molecule has 0 aromatic rings. The molecule has 0 bridgehead atoms. The minimum Gasteiger partial charge on any atom is -0.343 e. The highest BCUT2D eigenvalue weighted by molar-refractivity contribution is 5.76. The molecule has 1 aliphatic rings. The molecular weight excluding hydrogens is 238 g/mol. The molecule has 4 heteroatoms. The third-order valence-corrected chi connectivity index (χ3v) is 4.12. The predicted molar refractivity (Wildman–Crippen MR) is 80.0 cm³/mol. The minimum atomic E-state index is 0.335. The van der Waals surface area contributed by atoms with Crippen molar-refractivity contribution >= 4 is 5.91 Å². The lowest BCUT2D eigenvalue weighted by atomic mass is 9.84. The highest BCUT2D eigenvalue weighted by Gasteiger charge is 2.22. The van der Waals surface area contributed by atoms with Crippen molar-refractivity contribution in [2.75, 3.05) is 33.7 Å². The third kappa shape index (κ3) is 6.39. The van der Waals surface area contributed by atoms with E-state index in [1.807, 2.05) is 4.90 Å². The van der Waals surface area contributed by atoms with Gasteiger partial charge in [0.1, 0.15) is 0 Å². The number of nitrogens with two attached hydrogens (primary N) is 1. The summed E-state index contributed by atoms with van der Waals surface area (Å²) in [5.74, 6) is 0.900. The second kappa shape index (κ2) is 8.54. The molecule has 0 spiro atoms. The molecule has 1 saturated carbocycles. The molecule has 0 saturated heterocycles. The van der Waals surface area contributed by atoms with Gasteiger partial charge < -0.3 is 15.5 Å². The summed E-state index contributed by atoms with van der Waals surface area (Å²) in [6.45, 7) is 4.84. The molecule has 112 valence electrons. The van der Waals surface area contributed by atoms with Gasteiger partial charge in [-0.2, -0.15) is 0 Å². The van der Waals surface area contributed by atoms with Gasteiger partial charge in [-0.15, -0.1) is 0 Å². The predicted octanol–water partition coefficient (Wildman–Crippen LogP) is 1.69. The van der Waals surface area contributed by atoms with Crippen LogP contribution in [-0.4, -0.2) is 55.5 Å². The van der Waals surface area contributed by atoms with E-state index in [9.17, 15) is 4.79 Å².